The molecule has 3 rings (SSSR count). The van der Waals surface area contributed by atoms with Crippen molar-refractivity contribution in [1.82, 2.24) is 4.98 Å². The molecule has 0 bridgehead atoms. The first-order valence-corrected chi connectivity index (χ1v) is 7.51. The fraction of sp³-hybridized carbons (Fsp3) is 0.353. The monoisotopic (exact) mass is 315 g/mol. The molecule has 0 radical (unpaired) electrons. The summed E-state index contributed by atoms with van der Waals surface area (Å²) in [4.78, 5) is 4.04. The Morgan fingerprint density at radius 2 is 1.83 bits per heavy atom. The molecule has 0 atom stereocenters. The van der Waals surface area contributed by atoms with Crippen LogP contribution in [0.4, 0.5) is 4.39 Å². The van der Waals surface area contributed by atoms with E-state index in [2.05, 4.69) is 4.98 Å². The molecule has 0 aromatic carbocycles. The van der Waals surface area contributed by atoms with E-state index < -0.39 is 24.0 Å². The van der Waals surface area contributed by atoms with Crippen molar-refractivity contribution in [1.29, 1.82) is 0 Å². The zero-order chi connectivity index (χ0) is 16.7. The molecule has 2 aromatic heterocycles. The van der Waals surface area contributed by atoms with Crippen LogP contribution >= 0.6 is 0 Å². The molecule has 2 aromatic rings. The summed E-state index contributed by atoms with van der Waals surface area (Å²) in [6, 6.07) is 7.18. The van der Waals surface area contributed by atoms with E-state index in [4.69, 9.17) is 13.7 Å². The summed E-state index contributed by atoms with van der Waals surface area (Å²) in [5, 5.41) is 0. The Morgan fingerprint density at radius 1 is 1.13 bits per heavy atom. The van der Waals surface area contributed by atoms with Crippen molar-refractivity contribution >= 4 is 13.2 Å². The van der Waals surface area contributed by atoms with E-state index in [-0.39, 0.29) is 0 Å². The molecule has 0 spiro atoms. The highest BCUT2D eigenvalue weighted by molar-refractivity contribution is 6.54. The zero-order valence-electron chi connectivity index (χ0n) is 13.7. The van der Waals surface area contributed by atoms with Gasteiger partial charge in [0.2, 0.25) is 0 Å². The Bertz CT molecular complexity index is 708. The summed E-state index contributed by atoms with van der Waals surface area (Å²) in [6.07, 6.45) is 4.67. The summed E-state index contributed by atoms with van der Waals surface area (Å²) >= 11 is 0. The minimum Gasteiger partial charge on any atom is -0.457 e. The second-order valence-corrected chi connectivity index (χ2v) is 6.56. The van der Waals surface area contributed by atoms with Crippen molar-refractivity contribution in [3.8, 4) is 11.3 Å². The zero-order valence-corrected chi connectivity index (χ0v) is 13.7. The van der Waals surface area contributed by atoms with Crippen LogP contribution in [-0.2, 0) is 9.31 Å². The van der Waals surface area contributed by atoms with E-state index >= 15 is 0 Å². The van der Waals surface area contributed by atoms with Crippen molar-refractivity contribution in [3.63, 3.8) is 0 Å². The first kappa shape index (κ1) is 16.0. The highest BCUT2D eigenvalue weighted by atomic mass is 19.1. The molecule has 3 heterocycles. The molecule has 1 saturated heterocycles. The smallest absolute Gasteiger partial charge is 0.457 e. The molecular formula is C17H19BFNO3. The third kappa shape index (κ3) is 3.09. The van der Waals surface area contributed by atoms with E-state index in [9.17, 15) is 4.39 Å². The third-order valence-corrected chi connectivity index (χ3v) is 4.33. The first-order chi connectivity index (χ1) is 10.8. The van der Waals surface area contributed by atoms with Gasteiger partial charge in [-0.2, -0.15) is 0 Å². The van der Waals surface area contributed by atoms with Gasteiger partial charge >= 0.3 is 7.12 Å². The Labute approximate surface area is 135 Å². The Hall–Kier alpha value is -1.92. The SMILES string of the molecule is CC1(C)OB(C(F)=Cc2ccc(-c3cccnc3)o2)OC1(C)C. The second kappa shape index (κ2) is 5.62. The van der Waals surface area contributed by atoms with Gasteiger partial charge in [0.05, 0.1) is 11.2 Å². The number of halogens is 1. The standard InChI is InChI=1S/C17H19BFNO3/c1-16(2)17(3,4)23-18(22-16)15(19)10-13-7-8-14(21-13)12-6-5-9-20-11-12/h5-11H,1-4H3. The van der Waals surface area contributed by atoms with Crippen LogP contribution in [0, 0.1) is 0 Å². The Kier molecular flexibility index (Phi) is 3.90. The second-order valence-electron chi connectivity index (χ2n) is 6.56. The normalized spacial score (nSPS) is 20.0. The average molecular weight is 315 g/mol. The number of rotatable bonds is 3. The van der Waals surface area contributed by atoms with Gasteiger partial charge in [0.1, 0.15) is 17.2 Å². The first-order valence-electron chi connectivity index (χ1n) is 7.51. The van der Waals surface area contributed by atoms with Gasteiger partial charge in [-0.25, -0.2) is 4.39 Å². The van der Waals surface area contributed by atoms with Crippen LogP contribution < -0.4 is 0 Å². The summed E-state index contributed by atoms with van der Waals surface area (Å²) in [5.41, 5.74) is -0.835. The van der Waals surface area contributed by atoms with E-state index in [1.165, 1.54) is 6.08 Å². The van der Waals surface area contributed by atoms with Crippen molar-refractivity contribution in [2.45, 2.75) is 38.9 Å². The highest BCUT2D eigenvalue weighted by Crippen LogP contribution is 2.39. The number of furan rings is 1. The number of hydrogen-bond acceptors (Lipinski definition) is 4. The Morgan fingerprint density at radius 3 is 2.43 bits per heavy atom. The molecule has 0 N–H and O–H groups in total. The molecule has 0 aliphatic carbocycles. The quantitative estimate of drug-likeness (QED) is 0.793. The number of nitrogens with zero attached hydrogens (tertiary/aromatic N) is 1. The van der Waals surface area contributed by atoms with E-state index in [0.29, 0.717) is 11.5 Å². The van der Waals surface area contributed by atoms with Gasteiger partial charge in [-0.15, -0.1) is 0 Å². The lowest BCUT2D eigenvalue weighted by atomic mass is 9.87. The van der Waals surface area contributed by atoms with Crippen LogP contribution in [-0.4, -0.2) is 23.3 Å². The molecule has 1 aliphatic rings. The van der Waals surface area contributed by atoms with E-state index in [0.717, 1.165) is 5.56 Å². The lowest BCUT2D eigenvalue weighted by molar-refractivity contribution is 0.00578. The molecule has 120 valence electrons. The van der Waals surface area contributed by atoms with E-state index in [1.54, 1.807) is 24.5 Å². The van der Waals surface area contributed by atoms with Gasteiger partial charge in [-0.3, -0.25) is 4.98 Å². The van der Waals surface area contributed by atoms with Gasteiger partial charge in [0, 0.05) is 24.0 Å². The number of pyridine rings is 1. The van der Waals surface area contributed by atoms with Crippen LogP contribution in [0.3, 0.4) is 0 Å². The molecule has 1 aliphatic heterocycles. The summed E-state index contributed by atoms with van der Waals surface area (Å²) < 4.78 is 31.4. The number of hydrogen-bond donors (Lipinski definition) is 0. The van der Waals surface area contributed by atoms with Crippen molar-refractivity contribution < 1.29 is 18.1 Å². The predicted molar refractivity (Wildman–Crippen MR) is 87.1 cm³/mol. The lowest BCUT2D eigenvalue weighted by Gasteiger charge is -2.32. The Balaban J connectivity index is 1.79. The fourth-order valence-electron chi connectivity index (χ4n) is 2.25. The maximum absolute atomic E-state index is 14.4. The van der Waals surface area contributed by atoms with E-state index in [1.807, 2.05) is 39.8 Å². The van der Waals surface area contributed by atoms with Crippen molar-refractivity contribution in [2.24, 2.45) is 0 Å². The topological polar surface area (TPSA) is 44.5 Å². The van der Waals surface area contributed by atoms with Crippen LogP contribution in [0.15, 0.2) is 46.8 Å². The van der Waals surface area contributed by atoms with Crippen LogP contribution in [0.1, 0.15) is 33.5 Å². The highest BCUT2D eigenvalue weighted by Gasteiger charge is 2.53. The molecule has 0 unspecified atom stereocenters. The molecule has 23 heavy (non-hydrogen) atoms. The van der Waals surface area contributed by atoms with Gasteiger partial charge in [-0.05, 0) is 52.0 Å². The van der Waals surface area contributed by atoms with Crippen LogP contribution in [0.25, 0.3) is 17.4 Å². The van der Waals surface area contributed by atoms with Crippen LogP contribution in [0.5, 0.6) is 0 Å². The van der Waals surface area contributed by atoms with Crippen LogP contribution in [0.2, 0.25) is 0 Å². The summed E-state index contributed by atoms with van der Waals surface area (Å²) in [5.74, 6) is 1.03. The van der Waals surface area contributed by atoms with Crippen molar-refractivity contribution in [2.75, 3.05) is 0 Å². The molecule has 0 amide bonds. The van der Waals surface area contributed by atoms with Gasteiger partial charge in [0.15, 0.2) is 0 Å². The van der Waals surface area contributed by atoms with Crippen molar-refractivity contribution in [3.05, 3.63) is 48.1 Å². The maximum Gasteiger partial charge on any atom is 0.525 e. The minimum absolute atomic E-state index is 0.399. The predicted octanol–water partition coefficient (Wildman–Crippen LogP) is 4.28. The molecule has 0 saturated carbocycles. The van der Waals surface area contributed by atoms with Gasteiger partial charge in [0.25, 0.3) is 0 Å². The molecule has 6 heteroatoms. The summed E-state index contributed by atoms with van der Waals surface area (Å²) in [6.45, 7) is 7.53. The maximum atomic E-state index is 14.4. The molecule has 4 nitrogen and oxygen atoms in total. The lowest BCUT2D eigenvalue weighted by Crippen LogP contribution is -2.41. The molecule has 1 fully saturated rings. The molecular weight excluding hydrogens is 296 g/mol. The minimum atomic E-state index is -1.02. The fourth-order valence-corrected chi connectivity index (χ4v) is 2.25. The number of aromatic nitrogens is 1. The van der Waals surface area contributed by atoms with Gasteiger partial charge in [-0.1, -0.05) is 0 Å². The third-order valence-electron chi connectivity index (χ3n) is 4.33. The summed E-state index contributed by atoms with van der Waals surface area (Å²) in [7, 11) is -1.02. The average Bonchev–Trinajstić information content (AvgIpc) is 3.03. The largest absolute Gasteiger partial charge is 0.525 e. The van der Waals surface area contributed by atoms with Gasteiger partial charge < -0.3 is 13.7 Å².